The van der Waals surface area contributed by atoms with Crippen LogP contribution in [-0.2, 0) is 27.2 Å². The molecule has 1 aliphatic heterocycles. The highest BCUT2D eigenvalue weighted by molar-refractivity contribution is 5.76. The van der Waals surface area contributed by atoms with Crippen LogP contribution >= 0.6 is 0 Å². The van der Waals surface area contributed by atoms with Gasteiger partial charge in [0.25, 0.3) is 0 Å². The van der Waals surface area contributed by atoms with Crippen molar-refractivity contribution in [2.75, 3.05) is 38.3 Å². The van der Waals surface area contributed by atoms with Gasteiger partial charge in [-0.1, -0.05) is 42.5 Å². The van der Waals surface area contributed by atoms with Gasteiger partial charge in [0.2, 0.25) is 0 Å². The molecule has 0 aromatic heterocycles. The van der Waals surface area contributed by atoms with Crippen molar-refractivity contribution in [2.45, 2.75) is 19.0 Å². The summed E-state index contributed by atoms with van der Waals surface area (Å²) < 4.78 is 10.3. The highest BCUT2D eigenvalue weighted by atomic mass is 16.5. The number of carbonyl (C=O) groups is 1. The molecule has 138 valence electrons. The van der Waals surface area contributed by atoms with E-state index in [0.717, 1.165) is 37.4 Å². The van der Waals surface area contributed by atoms with Crippen LogP contribution in [0.25, 0.3) is 0 Å². The van der Waals surface area contributed by atoms with E-state index in [1.165, 1.54) is 12.8 Å². The monoisotopic (exact) mass is 354 g/mol. The minimum Gasteiger partial charge on any atom is -0.468 e. The SMILES string of the molecule is COC(=O)C(Cc1ccccc1)NCc1ccc(N2CCOCC2)cc1. The van der Waals surface area contributed by atoms with Crippen LogP contribution in [0, 0.1) is 0 Å². The molecule has 0 bridgehead atoms. The summed E-state index contributed by atoms with van der Waals surface area (Å²) in [6, 6.07) is 18.1. The third-order valence-electron chi connectivity index (χ3n) is 4.63. The molecule has 1 unspecified atom stereocenters. The molecule has 1 atom stereocenters. The molecule has 0 amide bonds. The fourth-order valence-corrected chi connectivity index (χ4v) is 3.12. The predicted molar refractivity (Wildman–Crippen MR) is 102 cm³/mol. The van der Waals surface area contributed by atoms with Crippen LogP contribution in [0.1, 0.15) is 11.1 Å². The van der Waals surface area contributed by atoms with E-state index in [0.29, 0.717) is 13.0 Å². The van der Waals surface area contributed by atoms with Gasteiger partial charge in [0.1, 0.15) is 6.04 Å². The molecule has 1 saturated heterocycles. The van der Waals surface area contributed by atoms with E-state index < -0.39 is 0 Å². The average Bonchev–Trinajstić information content (AvgIpc) is 2.72. The smallest absolute Gasteiger partial charge is 0.323 e. The normalized spacial score (nSPS) is 15.5. The fourth-order valence-electron chi connectivity index (χ4n) is 3.12. The van der Waals surface area contributed by atoms with E-state index >= 15 is 0 Å². The fraction of sp³-hybridized carbons (Fsp3) is 0.381. The van der Waals surface area contributed by atoms with Gasteiger partial charge in [-0.2, -0.15) is 0 Å². The van der Waals surface area contributed by atoms with Crippen LogP contribution in [-0.4, -0.2) is 45.4 Å². The van der Waals surface area contributed by atoms with E-state index in [-0.39, 0.29) is 12.0 Å². The Morgan fingerprint density at radius 3 is 2.42 bits per heavy atom. The van der Waals surface area contributed by atoms with Gasteiger partial charge in [-0.3, -0.25) is 4.79 Å². The second-order valence-corrected chi connectivity index (χ2v) is 6.41. The Balaban J connectivity index is 1.58. The van der Waals surface area contributed by atoms with E-state index in [1.807, 2.05) is 30.3 Å². The van der Waals surface area contributed by atoms with E-state index in [1.54, 1.807) is 0 Å². The maximum Gasteiger partial charge on any atom is 0.323 e. The highest BCUT2D eigenvalue weighted by Gasteiger charge is 2.19. The van der Waals surface area contributed by atoms with Crippen LogP contribution in [0.5, 0.6) is 0 Å². The summed E-state index contributed by atoms with van der Waals surface area (Å²) in [5.74, 6) is -0.237. The Morgan fingerprint density at radius 1 is 1.08 bits per heavy atom. The molecular formula is C21H26N2O3. The van der Waals surface area contributed by atoms with Crippen LogP contribution in [0.2, 0.25) is 0 Å². The van der Waals surface area contributed by atoms with E-state index in [4.69, 9.17) is 9.47 Å². The number of hydrogen-bond acceptors (Lipinski definition) is 5. The Hall–Kier alpha value is -2.37. The van der Waals surface area contributed by atoms with Crippen LogP contribution in [0.4, 0.5) is 5.69 Å². The molecule has 0 aliphatic carbocycles. The number of methoxy groups -OCH3 is 1. The molecule has 0 saturated carbocycles. The lowest BCUT2D eigenvalue weighted by Gasteiger charge is -2.29. The van der Waals surface area contributed by atoms with E-state index in [2.05, 4.69) is 34.5 Å². The lowest BCUT2D eigenvalue weighted by Crippen LogP contribution is -2.39. The zero-order chi connectivity index (χ0) is 18.2. The van der Waals surface area contributed by atoms with Crippen molar-refractivity contribution in [2.24, 2.45) is 0 Å². The average molecular weight is 354 g/mol. The largest absolute Gasteiger partial charge is 0.468 e. The second kappa shape index (κ2) is 9.36. The molecule has 1 heterocycles. The molecular weight excluding hydrogens is 328 g/mol. The maximum atomic E-state index is 12.1. The second-order valence-electron chi connectivity index (χ2n) is 6.41. The minimum absolute atomic E-state index is 0.237. The summed E-state index contributed by atoms with van der Waals surface area (Å²) in [6.07, 6.45) is 0.610. The van der Waals surface area contributed by atoms with Gasteiger partial charge in [-0.05, 0) is 29.7 Å². The summed E-state index contributed by atoms with van der Waals surface area (Å²) in [5.41, 5.74) is 3.47. The lowest BCUT2D eigenvalue weighted by atomic mass is 10.1. The number of benzene rings is 2. The Morgan fingerprint density at radius 2 is 1.77 bits per heavy atom. The third kappa shape index (κ3) is 5.07. The number of rotatable bonds is 7. The molecule has 0 spiro atoms. The Bertz CT molecular complexity index is 682. The van der Waals surface area contributed by atoms with Crippen molar-refractivity contribution in [1.82, 2.24) is 5.32 Å². The Kier molecular flexibility index (Phi) is 6.63. The van der Waals surface area contributed by atoms with Crippen molar-refractivity contribution < 1.29 is 14.3 Å². The highest BCUT2D eigenvalue weighted by Crippen LogP contribution is 2.17. The van der Waals surface area contributed by atoms with Gasteiger partial charge >= 0.3 is 5.97 Å². The molecule has 2 aromatic carbocycles. The van der Waals surface area contributed by atoms with Crippen LogP contribution < -0.4 is 10.2 Å². The summed E-state index contributed by atoms with van der Waals surface area (Å²) in [5, 5.41) is 3.33. The maximum absolute atomic E-state index is 12.1. The van der Waals surface area contributed by atoms with Crippen LogP contribution in [0.3, 0.4) is 0 Å². The van der Waals surface area contributed by atoms with Crippen molar-refractivity contribution in [3.05, 3.63) is 65.7 Å². The van der Waals surface area contributed by atoms with Crippen molar-refractivity contribution in [3.63, 3.8) is 0 Å². The number of nitrogens with one attached hydrogen (secondary N) is 1. The number of anilines is 1. The van der Waals surface area contributed by atoms with Gasteiger partial charge in [0.05, 0.1) is 20.3 Å². The number of nitrogens with zero attached hydrogens (tertiary/aromatic N) is 1. The van der Waals surface area contributed by atoms with Crippen LogP contribution in [0.15, 0.2) is 54.6 Å². The number of carbonyl (C=O) groups excluding carboxylic acids is 1. The number of esters is 1. The standard InChI is InChI=1S/C21H26N2O3/c1-25-21(24)20(15-17-5-3-2-4-6-17)22-16-18-7-9-19(10-8-18)23-11-13-26-14-12-23/h2-10,20,22H,11-16H2,1H3. The quantitative estimate of drug-likeness (QED) is 0.774. The van der Waals surface area contributed by atoms with Gasteiger partial charge in [0.15, 0.2) is 0 Å². The number of morpholine rings is 1. The molecule has 26 heavy (non-hydrogen) atoms. The van der Waals surface area contributed by atoms with Crippen molar-refractivity contribution in [3.8, 4) is 0 Å². The summed E-state index contributed by atoms with van der Waals surface area (Å²) in [7, 11) is 1.43. The minimum atomic E-state index is -0.360. The van der Waals surface area contributed by atoms with E-state index in [9.17, 15) is 4.79 Å². The summed E-state index contributed by atoms with van der Waals surface area (Å²) in [6.45, 7) is 4.04. The lowest BCUT2D eigenvalue weighted by molar-refractivity contribution is -0.143. The predicted octanol–water partition coefficient (Wildman–Crippen LogP) is 2.40. The first-order valence-electron chi connectivity index (χ1n) is 9.03. The first-order valence-corrected chi connectivity index (χ1v) is 9.03. The van der Waals surface area contributed by atoms with Gasteiger partial charge in [-0.25, -0.2) is 0 Å². The first-order chi connectivity index (χ1) is 12.8. The molecule has 1 aliphatic rings. The zero-order valence-electron chi connectivity index (χ0n) is 15.2. The molecule has 5 heteroatoms. The molecule has 0 radical (unpaired) electrons. The van der Waals surface area contributed by atoms with Gasteiger partial charge in [0, 0.05) is 25.3 Å². The number of hydrogen-bond donors (Lipinski definition) is 1. The van der Waals surface area contributed by atoms with Gasteiger partial charge < -0.3 is 19.7 Å². The van der Waals surface area contributed by atoms with Crippen molar-refractivity contribution in [1.29, 1.82) is 0 Å². The molecule has 2 aromatic rings. The molecule has 3 rings (SSSR count). The third-order valence-corrected chi connectivity index (χ3v) is 4.63. The molecule has 1 N–H and O–H groups in total. The molecule has 1 fully saturated rings. The topological polar surface area (TPSA) is 50.8 Å². The molecule has 5 nitrogen and oxygen atoms in total. The Labute approximate surface area is 154 Å². The number of ether oxygens (including phenoxy) is 2. The van der Waals surface area contributed by atoms with Gasteiger partial charge in [-0.15, -0.1) is 0 Å². The van der Waals surface area contributed by atoms with Crippen molar-refractivity contribution >= 4 is 11.7 Å². The zero-order valence-corrected chi connectivity index (χ0v) is 15.2. The first kappa shape index (κ1) is 18.4. The summed E-state index contributed by atoms with van der Waals surface area (Å²) in [4.78, 5) is 14.4. The summed E-state index contributed by atoms with van der Waals surface area (Å²) >= 11 is 0.